The fraction of sp³-hybridized carbons (Fsp3) is 0.455. The van der Waals surface area contributed by atoms with Crippen molar-refractivity contribution in [2.75, 3.05) is 17.2 Å². The maximum atomic E-state index is 12.6. The van der Waals surface area contributed by atoms with Crippen LogP contribution in [0.2, 0.25) is 5.15 Å². The van der Waals surface area contributed by atoms with Crippen molar-refractivity contribution in [3.63, 3.8) is 0 Å². The molecule has 8 heteroatoms. The first-order chi connectivity index (χ1) is 8.76. The molecule has 0 aromatic carbocycles. The number of aromatic nitrogens is 1. The van der Waals surface area contributed by atoms with Gasteiger partial charge in [-0.25, -0.2) is 4.98 Å². The Morgan fingerprint density at radius 3 is 2.84 bits per heavy atom. The fourth-order valence-corrected chi connectivity index (χ4v) is 3.20. The van der Waals surface area contributed by atoms with Crippen LogP contribution in [0.1, 0.15) is 12.0 Å². The van der Waals surface area contributed by atoms with E-state index in [0.29, 0.717) is 10.8 Å². The number of rotatable bonds is 3. The zero-order valence-electron chi connectivity index (χ0n) is 10.1. The number of carbonyl (C=O) groups excluding carboxylic acids is 1. The van der Waals surface area contributed by atoms with Crippen LogP contribution in [0.5, 0.6) is 0 Å². The molecule has 1 aromatic rings. The molecule has 1 aliphatic heterocycles. The largest absolute Gasteiger partial charge is 0.310 e. The van der Waals surface area contributed by atoms with Crippen molar-refractivity contribution in [3.05, 3.63) is 23.0 Å². The van der Waals surface area contributed by atoms with Crippen molar-refractivity contribution in [2.24, 2.45) is 5.92 Å². The van der Waals surface area contributed by atoms with Crippen molar-refractivity contribution in [3.8, 4) is 0 Å². The van der Waals surface area contributed by atoms with E-state index >= 15 is 0 Å². The van der Waals surface area contributed by atoms with E-state index in [0.717, 1.165) is 5.56 Å². The Balaban J connectivity index is 2.20. The van der Waals surface area contributed by atoms with Gasteiger partial charge in [0.1, 0.15) is 5.15 Å². The SMILES string of the molecule is Cc1cc(Cl)ncc1N1CC(CS(=O)(=O)F)CC1=O. The second-order valence-corrected chi connectivity index (χ2v) is 6.37. The minimum absolute atomic E-state index is 0.0191. The molecule has 1 saturated heterocycles. The molecule has 1 fully saturated rings. The van der Waals surface area contributed by atoms with E-state index in [-0.39, 0.29) is 18.9 Å². The molecule has 2 heterocycles. The Hall–Kier alpha value is -1.21. The van der Waals surface area contributed by atoms with E-state index in [4.69, 9.17) is 11.6 Å². The highest BCUT2D eigenvalue weighted by molar-refractivity contribution is 7.86. The topological polar surface area (TPSA) is 67.3 Å². The van der Waals surface area contributed by atoms with Crippen LogP contribution in [0, 0.1) is 12.8 Å². The van der Waals surface area contributed by atoms with Gasteiger partial charge in [0, 0.05) is 18.9 Å². The summed E-state index contributed by atoms with van der Waals surface area (Å²) >= 11 is 5.73. The zero-order valence-corrected chi connectivity index (χ0v) is 11.7. The lowest BCUT2D eigenvalue weighted by Crippen LogP contribution is -2.26. The van der Waals surface area contributed by atoms with Gasteiger partial charge in [-0.2, -0.15) is 8.42 Å². The van der Waals surface area contributed by atoms with Gasteiger partial charge in [0.05, 0.1) is 17.6 Å². The molecule has 19 heavy (non-hydrogen) atoms. The highest BCUT2D eigenvalue weighted by Crippen LogP contribution is 2.29. The van der Waals surface area contributed by atoms with E-state index in [1.54, 1.807) is 13.0 Å². The minimum atomic E-state index is -4.57. The van der Waals surface area contributed by atoms with Crippen molar-refractivity contribution in [1.82, 2.24) is 4.98 Å². The summed E-state index contributed by atoms with van der Waals surface area (Å²) in [6.45, 7) is 1.95. The van der Waals surface area contributed by atoms with Crippen molar-refractivity contribution in [2.45, 2.75) is 13.3 Å². The van der Waals surface area contributed by atoms with E-state index < -0.39 is 21.9 Å². The summed E-state index contributed by atoms with van der Waals surface area (Å²) in [4.78, 5) is 17.2. The molecule has 1 aliphatic rings. The Labute approximate surface area is 115 Å². The number of hydrogen-bond acceptors (Lipinski definition) is 4. The first-order valence-corrected chi connectivity index (χ1v) is 7.54. The van der Waals surface area contributed by atoms with Crippen LogP contribution < -0.4 is 4.90 Å². The number of nitrogens with zero attached hydrogens (tertiary/aromatic N) is 2. The maximum absolute atomic E-state index is 12.6. The van der Waals surface area contributed by atoms with E-state index in [2.05, 4.69) is 4.98 Å². The predicted octanol–water partition coefficient (Wildman–Crippen LogP) is 1.70. The lowest BCUT2D eigenvalue weighted by Gasteiger charge is -2.18. The number of pyridine rings is 1. The summed E-state index contributed by atoms with van der Waals surface area (Å²) in [5.41, 5.74) is 1.34. The van der Waals surface area contributed by atoms with Crippen molar-refractivity contribution < 1.29 is 17.1 Å². The second kappa shape index (κ2) is 5.05. The molecular formula is C11H12ClFN2O3S. The van der Waals surface area contributed by atoms with Gasteiger partial charge < -0.3 is 4.90 Å². The molecule has 1 unspecified atom stereocenters. The predicted molar refractivity (Wildman–Crippen MR) is 69.3 cm³/mol. The molecular weight excluding hydrogens is 295 g/mol. The van der Waals surface area contributed by atoms with Gasteiger partial charge in [-0.05, 0) is 18.6 Å². The summed E-state index contributed by atoms with van der Waals surface area (Å²) in [6.07, 6.45) is 1.48. The molecule has 0 radical (unpaired) electrons. The number of aryl methyl sites for hydroxylation is 1. The lowest BCUT2D eigenvalue weighted by molar-refractivity contribution is -0.117. The fourth-order valence-electron chi connectivity index (χ4n) is 2.20. The summed E-state index contributed by atoms with van der Waals surface area (Å²) < 4.78 is 33.9. The average Bonchev–Trinajstić information content (AvgIpc) is 2.56. The van der Waals surface area contributed by atoms with Crippen LogP contribution in [0.3, 0.4) is 0 Å². The molecule has 2 rings (SSSR count). The quantitative estimate of drug-likeness (QED) is 0.629. The summed E-state index contributed by atoms with van der Waals surface area (Å²) in [5, 5.41) is 0.316. The van der Waals surface area contributed by atoms with Gasteiger partial charge in [0.15, 0.2) is 0 Å². The van der Waals surface area contributed by atoms with Crippen LogP contribution >= 0.6 is 11.6 Å². The minimum Gasteiger partial charge on any atom is -0.310 e. The zero-order chi connectivity index (χ0) is 14.2. The third kappa shape index (κ3) is 3.42. The lowest BCUT2D eigenvalue weighted by atomic mass is 10.1. The van der Waals surface area contributed by atoms with Crippen molar-refractivity contribution in [1.29, 1.82) is 0 Å². The molecule has 0 spiro atoms. The number of halogens is 2. The summed E-state index contributed by atoms with van der Waals surface area (Å²) in [6, 6.07) is 1.61. The molecule has 1 atom stereocenters. The third-order valence-corrected chi connectivity index (χ3v) is 4.06. The Bertz CT molecular complexity index is 620. The highest BCUT2D eigenvalue weighted by atomic mass is 35.5. The van der Waals surface area contributed by atoms with Crippen molar-refractivity contribution >= 4 is 33.4 Å². The highest BCUT2D eigenvalue weighted by Gasteiger charge is 2.34. The normalized spacial score (nSPS) is 20.1. The van der Waals surface area contributed by atoms with Crippen LogP contribution in [-0.4, -0.2) is 31.6 Å². The average molecular weight is 307 g/mol. The van der Waals surface area contributed by atoms with Gasteiger partial charge in [-0.3, -0.25) is 4.79 Å². The molecule has 104 valence electrons. The summed E-state index contributed by atoms with van der Waals surface area (Å²) in [7, 11) is -4.57. The van der Waals surface area contributed by atoms with Gasteiger partial charge in [0.2, 0.25) is 5.91 Å². The molecule has 0 bridgehead atoms. The molecule has 1 aromatic heterocycles. The van der Waals surface area contributed by atoms with E-state index in [9.17, 15) is 17.1 Å². The maximum Gasteiger partial charge on any atom is 0.302 e. The molecule has 5 nitrogen and oxygen atoms in total. The first kappa shape index (κ1) is 14.2. The number of amides is 1. The van der Waals surface area contributed by atoms with Gasteiger partial charge in [0.25, 0.3) is 0 Å². The molecule has 1 amide bonds. The Morgan fingerprint density at radius 1 is 1.58 bits per heavy atom. The van der Waals surface area contributed by atoms with E-state index in [1.807, 2.05) is 0 Å². The first-order valence-electron chi connectivity index (χ1n) is 5.61. The molecule has 0 saturated carbocycles. The van der Waals surface area contributed by atoms with E-state index in [1.165, 1.54) is 11.1 Å². The smallest absolute Gasteiger partial charge is 0.302 e. The van der Waals surface area contributed by atoms with Crippen LogP contribution in [0.4, 0.5) is 9.57 Å². The van der Waals surface area contributed by atoms with Crippen LogP contribution in [0.15, 0.2) is 12.3 Å². The molecule has 0 aliphatic carbocycles. The second-order valence-electron chi connectivity index (χ2n) is 4.57. The van der Waals surface area contributed by atoms with Crippen LogP contribution in [0.25, 0.3) is 0 Å². The third-order valence-electron chi connectivity index (χ3n) is 2.98. The number of hydrogen-bond donors (Lipinski definition) is 0. The Kier molecular flexibility index (Phi) is 3.78. The van der Waals surface area contributed by atoms with Gasteiger partial charge >= 0.3 is 10.2 Å². The Morgan fingerprint density at radius 2 is 2.26 bits per heavy atom. The van der Waals surface area contributed by atoms with Gasteiger partial charge in [-0.1, -0.05) is 11.6 Å². The standard InChI is InChI=1S/C11H12ClFN2O3S/c1-7-2-10(12)14-4-9(7)15-5-8(3-11(15)16)6-19(13,17)18/h2,4,8H,3,5-6H2,1H3. The number of carbonyl (C=O) groups is 1. The van der Waals surface area contributed by atoms with Gasteiger partial charge in [-0.15, -0.1) is 3.89 Å². The molecule has 0 N–H and O–H groups in total. The monoisotopic (exact) mass is 306 g/mol. The van der Waals surface area contributed by atoms with Crippen LogP contribution in [-0.2, 0) is 15.0 Å². The number of anilines is 1. The summed E-state index contributed by atoms with van der Waals surface area (Å²) in [5.74, 6) is -1.39.